The zero-order valence-corrected chi connectivity index (χ0v) is 12.0. The number of aromatic nitrogens is 1. The molecule has 0 aliphatic carbocycles. The summed E-state index contributed by atoms with van der Waals surface area (Å²) in [5, 5.41) is 1.00. The number of rotatable bonds is 7. The van der Waals surface area contributed by atoms with Crippen molar-refractivity contribution in [1.29, 1.82) is 0 Å². The molecule has 0 aliphatic rings. The van der Waals surface area contributed by atoms with Gasteiger partial charge in [0, 0.05) is 17.1 Å². The number of benzene rings is 1. The smallest absolute Gasteiger partial charge is 0.361 e. The summed E-state index contributed by atoms with van der Waals surface area (Å²) >= 11 is 0. The van der Waals surface area contributed by atoms with Gasteiger partial charge in [-0.3, -0.25) is 4.57 Å². The fraction of sp³-hybridized carbons (Fsp3) is 0.385. The fourth-order valence-electron chi connectivity index (χ4n) is 1.78. The number of nitrogens with one attached hydrogen (secondary N) is 1. The second-order valence-electron chi connectivity index (χ2n) is 4.14. The lowest BCUT2D eigenvalue weighted by Gasteiger charge is -2.15. The molecule has 6 heteroatoms. The number of hydrogen-bond acceptors (Lipinski definition) is 4. The molecule has 0 saturated carbocycles. The molecular weight excluding hydrogens is 265 g/mol. The summed E-state index contributed by atoms with van der Waals surface area (Å²) in [5.74, 6) is 0.503. The summed E-state index contributed by atoms with van der Waals surface area (Å²) < 4.78 is 22.4. The normalized spacial score (nSPS) is 14.4. The van der Waals surface area contributed by atoms with Crippen LogP contribution in [0.25, 0.3) is 10.9 Å². The lowest BCUT2D eigenvalue weighted by atomic mass is 10.2. The molecule has 19 heavy (non-hydrogen) atoms. The lowest BCUT2D eigenvalue weighted by Crippen LogP contribution is -2.02. The van der Waals surface area contributed by atoms with E-state index in [1.165, 1.54) is 0 Å². The molecule has 2 aromatic rings. The Balaban J connectivity index is 2.05. The number of aromatic amines is 1. The van der Waals surface area contributed by atoms with E-state index in [0.717, 1.165) is 10.9 Å². The first kappa shape index (κ1) is 14.1. The van der Waals surface area contributed by atoms with Crippen molar-refractivity contribution < 1.29 is 18.7 Å². The molecule has 1 aromatic heterocycles. The molecule has 5 nitrogen and oxygen atoms in total. The Hall–Kier alpha value is -1.29. The first-order valence-electron chi connectivity index (χ1n) is 6.34. The lowest BCUT2D eigenvalue weighted by molar-refractivity contribution is -0.112. The van der Waals surface area contributed by atoms with E-state index >= 15 is 0 Å². The number of hydrogen-bond donors (Lipinski definition) is 1. The number of H-pyrrole nitrogens is 1. The molecule has 1 aromatic carbocycles. The van der Waals surface area contributed by atoms with Gasteiger partial charge in [-0.25, -0.2) is 0 Å². The molecule has 104 valence electrons. The van der Waals surface area contributed by atoms with Crippen molar-refractivity contribution in [3.05, 3.63) is 30.5 Å². The molecule has 0 aliphatic heterocycles. The highest BCUT2D eigenvalue weighted by Crippen LogP contribution is 2.48. The van der Waals surface area contributed by atoms with Crippen LogP contribution in [0.2, 0.25) is 0 Å². The first-order valence-corrected chi connectivity index (χ1v) is 8.06. The highest BCUT2D eigenvalue weighted by atomic mass is 31.2. The highest BCUT2D eigenvalue weighted by molar-refractivity contribution is 7.53. The summed E-state index contributed by atoms with van der Waals surface area (Å²) in [4.78, 5) is 8.24. The van der Waals surface area contributed by atoms with Gasteiger partial charge in [-0.15, -0.1) is 0 Å². The fourth-order valence-corrected chi connectivity index (χ4v) is 3.16. The van der Waals surface area contributed by atoms with Crippen LogP contribution in [-0.2, 0) is 13.8 Å². The minimum absolute atomic E-state index is 0.331. The molecule has 1 atom stereocenters. The van der Waals surface area contributed by atoms with Gasteiger partial charge in [-0.1, -0.05) is 11.6 Å². The van der Waals surface area contributed by atoms with Crippen LogP contribution in [0.3, 0.4) is 0 Å². The second kappa shape index (κ2) is 6.24. The molecule has 1 N–H and O–H groups in total. The van der Waals surface area contributed by atoms with Gasteiger partial charge < -0.3 is 14.4 Å². The summed E-state index contributed by atoms with van der Waals surface area (Å²) in [6.45, 7) is 4.02. The van der Waals surface area contributed by atoms with Crippen LogP contribution in [0.4, 0.5) is 0 Å². The van der Waals surface area contributed by atoms with Gasteiger partial charge in [0.15, 0.2) is 5.75 Å². The maximum atomic E-state index is 12.2. The van der Waals surface area contributed by atoms with Crippen molar-refractivity contribution in [3.8, 4) is 5.75 Å². The minimum atomic E-state index is -3.16. The third-order valence-electron chi connectivity index (χ3n) is 2.60. The van der Waals surface area contributed by atoms with Crippen LogP contribution in [0.5, 0.6) is 5.75 Å². The topological polar surface area (TPSA) is 60.6 Å². The van der Waals surface area contributed by atoms with Gasteiger partial charge in [0.05, 0.1) is 12.8 Å². The molecule has 2 rings (SSSR count). The second-order valence-corrected chi connectivity index (χ2v) is 6.21. The van der Waals surface area contributed by atoms with Crippen molar-refractivity contribution in [2.24, 2.45) is 0 Å². The van der Waals surface area contributed by atoms with Gasteiger partial charge >= 0.3 is 7.60 Å². The Morgan fingerprint density at radius 1 is 1.26 bits per heavy atom. The van der Waals surface area contributed by atoms with Crippen LogP contribution in [0, 0.1) is 0 Å². The maximum absolute atomic E-state index is 12.2. The van der Waals surface area contributed by atoms with Gasteiger partial charge in [0.2, 0.25) is 0 Å². The number of fused-ring (bicyclic) bond motifs is 1. The predicted molar refractivity (Wildman–Crippen MR) is 74.4 cm³/mol. The average Bonchev–Trinajstić information content (AvgIpc) is 2.84. The molecule has 1 unspecified atom stereocenters. The Morgan fingerprint density at radius 2 is 2.11 bits per heavy atom. The first-order chi connectivity index (χ1) is 9.17. The Kier molecular flexibility index (Phi) is 4.64. The largest absolute Gasteiger partial charge is 0.369 e. The van der Waals surface area contributed by atoms with Crippen molar-refractivity contribution in [1.82, 2.24) is 4.98 Å². The monoisotopic (exact) mass is 283 g/mol. The molecular formula is C13H18NO4P. The third kappa shape index (κ3) is 3.60. The minimum Gasteiger partial charge on any atom is -0.361 e. The van der Waals surface area contributed by atoms with E-state index in [4.69, 9.17) is 14.1 Å². The Bertz CT molecular complexity index is 571. The van der Waals surface area contributed by atoms with E-state index in [-0.39, 0.29) is 0 Å². The summed E-state index contributed by atoms with van der Waals surface area (Å²) in [6, 6.07) is 7.37. The standard InChI is InChI=1S/C13H18NO4P/c1-3-9-19(15,16-4-2)18-17-12-5-6-13-11(10-12)7-8-14-13/h5-8,10,14H,3-4,9H2,1-2H3. The third-order valence-corrected chi connectivity index (χ3v) is 4.54. The summed E-state index contributed by atoms with van der Waals surface area (Å²) in [7, 11) is -3.16. The molecule has 0 spiro atoms. The average molecular weight is 283 g/mol. The van der Waals surface area contributed by atoms with Gasteiger partial charge in [0.25, 0.3) is 0 Å². The van der Waals surface area contributed by atoms with Crippen LogP contribution >= 0.6 is 7.60 Å². The van der Waals surface area contributed by atoms with E-state index in [1.54, 1.807) is 13.0 Å². The van der Waals surface area contributed by atoms with E-state index in [1.807, 2.05) is 31.3 Å². The SMILES string of the molecule is CCCP(=O)(OCC)OOc1ccc2[nH]ccc2c1. The summed E-state index contributed by atoms with van der Waals surface area (Å²) in [6.07, 6.45) is 2.89. The molecule has 0 fully saturated rings. The van der Waals surface area contributed by atoms with E-state index in [0.29, 0.717) is 24.9 Å². The van der Waals surface area contributed by atoms with Crippen molar-refractivity contribution in [3.63, 3.8) is 0 Å². The van der Waals surface area contributed by atoms with E-state index in [9.17, 15) is 4.57 Å². The zero-order valence-electron chi connectivity index (χ0n) is 11.1. The van der Waals surface area contributed by atoms with Gasteiger partial charge in [-0.2, -0.15) is 0 Å². The van der Waals surface area contributed by atoms with Crippen molar-refractivity contribution >= 4 is 18.5 Å². The van der Waals surface area contributed by atoms with Gasteiger partial charge in [-0.05, 0) is 37.6 Å². The van der Waals surface area contributed by atoms with E-state index in [2.05, 4.69) is 4.98 Å². The molecule has 0 bridgehead atoms. The molecule has 0 amide bonds. The summed E-state index contributed by atoms with van der Waals surface area (Å²) in [5.41, 5.74) is 1.01. The Labute approximate surface area is 112 Å². The molecule has 1 heterocycles. The predicted octanol–water partition coefficient (Wildman–Crippen LogP) is 4.12. The Morgan fingerprint density at radius 3 is 2.84 bits per heavy atom. The quantitative estimate of drug-likeness (QED) is 0.471. The van der Waals surface area contributed by atoms with E-state index < -0.39 is 7.60 Å². The maximum Gasteiger partial charge on any atom is 0.369 e. The zero-order chi connectivity index (χ0) is 13.7. The van der Waals surface area contributed by atoms with Crippen LogP contribution in [0.1, 0.15) is 20.3 Å². The molecule has 0 saturated heterocycles. The highest BCUT2D eigenvalue weighted by Gasteiger charge is 2.25. The van der Waals surface area contributed by atoms with Gasteiger partial charge in [0.1, 0.15) is 0 Å². The van der Waals surface area contributed by atoms with Crippen molar-refractivity contribution in [2.75, 3.05) is 12.8 Å². The van der Waals surface area contributed by atoms with Crippen molar-refractivity contribution in [2.45, 2.75) is 20.3 Å². The van der Waals surface area contributed by atoms with Crippen LogP contribution in [0.15, 0.2) is 30.5 Å². The van der Waals surface area contributed by atoms with Crippen LogP contribution < -0.4 is 4.89 Å². The molecule has 0 radical (unpaired) electrons. The van der Waals surface area contributed by atoms with Crippen LogP contribution in [-0.4, -0.2) is 17.8 Å².